The lowest BCUT2D eigenvalue weighted by atomic mass is 9.95. The van der Waals surface area contributed by atoms with Crippen LogP contribution in [0.2, 0.25) is 10.0 Å². The lowest BCUT2D eigenvalue weighted by molar-refractivity contribution is 0.112. The number of halogens is 2. The molecule has 3 rings (SSSR count). The van der Waals surface area contributed by atoms with Gasteiger partial charge in [-0.25, -0.2) is 4.98 Å². The Morgan fingerprint density at radius 1 is 1.12 bits per heavy atom. The summed E-state index contributed by atoms with van der Waals surface area (Å²) in [5.41, 5.74) is 2.91. The van der Waals surface area contributed by atoms with Gasteiger partial charge in [0, 0.05) is 47.8 Å². The number of imidazole rings is 1. The summed E-state index contributed by atoms with van der Waals surface area (Å²) in [7, 11) is 4.02. The Bertz CT molecular complexity index is 848. The van der Waals surface area contributed by atoms with E-state index in [2.05, 4.69) is 34.1 Å². The van der Waals surface area contributed by atoms with E-state index < -0.39 is 6.10 Å². The molecule has 0 radical (unpaired) electrons. The molecule has 2 atom stereocenters. The van der Waals surface area contributed by atoms with Crippen molar-refractivity contribution in [3.05, 3.63) is 82.4 Å². The highest BCUT2D eigenvalue weighted by Crippen LogP contribution is 2.35. The van der Waals surface area contributed by atoms with Gasteiger partial charge in [0.15, 0.2) is 0 Å². The van der Waals surface area contributed by atoms with Crippen LogP contribution in [0.4, 0.5) is 5.69 Å². The summed E-state index contributed by atoms with van der Waals surface area (Å²) in [4.78, 5) is 6.18. The van der Waals surface area contributed by atoms with Crippen molar-refractivity contribution in [2.45, 2.75) is 18.6 Å². The first kappa shape index (κ1) is 18.8. The molecule has 2 aromatic carbocycles. The molecule has 0 aliphatic carbocycles. The maximum Gasteiger partial charge on any atom is 0.101 e. The third-order valence-electron chi connectivity index (χ3n) is 4.45. The summed E-state index contributed by atoms with van der Waals surface area (Å²) in [5, 5.41) is 12.0. The van der Waals surface area contributed by atoms with Crippen molar-refractivity contribution in [2.24, 2.45) is 0 Å². The molecular weight excluding hydrogens is 369 g/mol. The number of aliphatic hydroxyl groups excluding tert-OH is 1. The Labute approximate surface area is 163 Å². The van der Waals surface area contributed by atoms with E-state index >= 15 is 0 Å². The van der Waals surface area contributed by atoms with Gasteiger partial charge < -0.3 is 14.6 Å². The lowest BCUT2D eigenvalue weighted by Crippen LogP contribution is -2.20. The fraction of sp³-hybridized carbons (Fsp3) is 0.250. The van der Waals surface area contributed by atoms with E-state index in [0.29, 0.717) is 22.0 Å². The van der Waals surface area contributed by atoms with Gasteiger partial charge in [0.05, 0.1) is 12.4 Å². The van der Waals surface area contributed by atoms with Gasteiger partial charge in [0.1, 0.15) is 6.10 Å². The summed E-state index contributed by atoms with van der Waals surface area (Å²) >= 11 is 12.3. The van der Waals surface area contributed by atoms with Gasteiger partial charge in [-0.3, -0.25) is 0 Å². The largest absolute Gasteiger partial charge is 0.386 e. The number of hydrogen-bond acceptors (Lipinski definition) is 3. The van der Waals surface area contributed by atoms with Gasteiger partial charge in [0.25, 0.3) is 0 Å². The van der Waals surface area contributed by atoms with Crippen LogP contribution in [0.3, 0.4) is 0 Å². The standard InChI is InChI=1S/C20H21Cl2N3O/c1-24(2)16-6-3-14(4-7-16)11-19(25-10-9-23-13-25)20(26)17-8-5-15(21)12-18(17)22/h3-10,12-13,19-20,26H,11H2,1-2H3/t19-,20+/m1/s1. The predicted octanol–water partition coefficient (Wildman–Crippen LogP) is 4.77. The van der Waals surface area contributed by atoms with Crippen LogP contribution in [-0.2, 0) is 6.42 Å². The second kappa shape index (κ2) is 8.12. The second-order valence-electron chi connectivity index (χ2n) is 6.45. The van der Waals surface area contributed by atoms with Crippen LogP contribution in [0.1, 0.15) is 23.3 Å². The molecule has 6 heteroatoms. The second-order valence-corrected chi connectivity index (χ2v) is 7.30. The number of hydrogen-bond donors (Lipinski definition) is 1. The van der Waals surface area contributed by atoms with Crippen molar-refractivity contribution in [1.29, 1.82) is 0 Å². The highest BCUT2D eigenvalue weighted by atomic mass is 35.5. The van der Waals surface area contributed by atoms with Crippen LogP contribution in [0, 0.1) is 0 Å². The summed E-state index contributed by atoms with van der Waals surface area (Å²) in [5.74, 6) is 0. The minimum absolute atomic E-state index is 0.235. The van der Waals surface area contributed by atoms with Gasteiger partial charge in [-0.05, 0) is 36.2 Å². The molecular formula is C20H21Cl2N3O. The van der Waals surface area contributed by atoms with Gasteiger partial charge in [-0.1, -0.05) is 41.4 Å². The number of benzene rings is 2. The van der Waals surface area contributed by atoms with E-state index in [0.717, 1.165) is 11.3 Å². The van der Waals surface area contributed by atoms with E-state index in [1.807, 2.05) is 24.9 Å². The quantitative estimate of drug-likeness (QED) is 0.659. The molecule has 26 heavy (non-hydrogen) atoms. The normalized spacial score (nSPS) is 13.4. The smallest absolute Gasteiger partial charge is 0.101 e. The Hall–Kier alpha value is -2.01. The zero-order valence-electron chi connectivity index (χ0n) is 14.7. The van der Waals surface area contributed by atoms with Crippen molar-refractivity contribution in [1.82, 2.24) is 9.55 Å². The first-order chi connectivity index (χ1) is 12.5. The molecule has 0 bridgehead atoms. The van der Waals surface area contributed by atoms with E-state index in [1.165, 1.54) is 0 Å². The Morgan fingerprint density at radius 2 is 1.85 bits per heavy atom. The molecule has 0 spiro atoms. The van der Waals surface area contributed by atoms with Crippen LogP contribution in [-0.4, -0.2) is 28.8 Å². The molecule has 0 aliphatic heterocycles. The van der Waals surface area contributed by atoms with E-state index in [1.54, 1.807) is 30.7 Å². The number of aromatic nitrogens is 2. The van der Waals surface area contributed by atoms with Gasteiger partial charge in [-0.15, -0.1) is 0 Å². The lowest BCUT2D eigenvalue weighted by Gasteiger charge is -2.26. The molecule has 1 heterocycles. The Morgan fingerprint density at radius 3 is 2.42 bits per heavy atom. The van der Waals surface area contributed by atoms with Gasteiger partial charge >= 0.3 is 0 Å². The SMILES string of the molecule is CN(C)c1ccc(C[C@H]([C@@H](O)c2ccc(Cl)cc2Cl)n2ccnc2)cc1. The fourth-order valence-corrected chi connectivity index (χ4v) is 3.49. The molecule has 0 amide bonds. The predicted molar refractivity (Wildman–Crippen MR) is 107 cm³/mol. The number of nitrogens with zero attached hydrogens (tertiary/aromatic N) is 3. The maximum absolute atomic E-state index is 11.0. The highest BCUT2D eigenvalue weighted by Gasteiger charge is 2.25. The third-order valence-corrected chi connectivity index (χ3v) is 5.01. The topological polar surface area (TPSA) is 41.3 Å². The maximum atomic E-state index is 11.0. The van der Waals surface area contributed by atoms with Crippen molar-refractivity contribution in [3.8, 4) is 0 Å². The van der Waals surface area contributed by atoms with Crippen molar-refractivity contribution >= 4 is 28.9 Å². The molecule has 0 fully saturated rings. The summed E-state index contributed by atoms with van der Waals surface area (Å²) in [6, 6.07) is 13.2. The fourth-order valence-electron chi connectivity index (χ4n) is 2.97. The first-order valence-corrected chi connectivity index (χ1v) is 9.08. The zero-order chi connectivity index (χ0) is 18.7. The number of anilines is 1. The van der Waals surface area contributed by atoms with Crippen molar-refractivity contribution < 1.29 is 5.11 Å². The van der Waals surface area contributed by atoms with Crippen LogP contribution >= 0.6 is 23.2 Å². The van der Waals surface area contributed by atoms with E-state index in [9.17, 15) is 5.11 Å². The Kier molecular flexibility index (Phi) is 5.87. The zero-order valence-corrected chi connectivity index (χ0v) is 16.2. The van der Waals surface area contributed by atoms with E-state index in [-0.39, 0.29) is 6.04 Å². The van der Waals surface area contributed by atoms with Crippen molar-refractivity contribution in [3.63, 3.8) is 0 Å². The number of aliphatic hydroxyl groups is 1. The molecule has 0 saturated heterocycles. The average Bonchev–Trinajstić information content (AvgIpc) is 3.14. The highest BCUT2D eigenvalue weighted by molar-refractivity contribution is 6.35. The summed E-state index contributed by atoms with van der Waals surface area (Å²) in [6.07, 6.45) is 5.13. The average molecular weight is 390 g/mol. The third kappa shape index (κ3) is 4.21. The van der Waals surface area contributed by atoms with Crippen LogP contribution in [0.25, 0.3) is 0 Å². The van der Waals surface area contributed by atoms with Crippen LogP contribution in [0.5, 0.6) is 0 Å². The van der Waals surface area contributed by atoms with Gasteiger partial charge in [-0.2, -0.15) is 0 Å². The summed E-state index contributed by atoms with van der Waals surface area (Å²) < 4.78 is 1.91. The Balaban J connectivity index is 1.90. The molecule has 0 unspecified atom stereocenters. The van der Waals surface area contributed by atoms with Crippen LogP contribution < -0.4 is 4.90 Å². The summed E-state index contributed by atoms with van der Waals surface area (Å²) in [6.45, 7) is 0. The molecule has 1 N–H and O–H groups in total. The molecule has 0 aliphatic rings. The molecule has 136 valence electrons. The molecule has 1 aromatic heterocycles. The minimum atomic E-state index is -0.789. The minimum Gasteiger partial charge on any atom is -0.386 e. The molecule has 4 nitrogen and oxygen atoms in total. The van der Waals surface area contributed by atoms with Gasteiger partial charge in [0.2, 0.25) is 0 Å². The monoisotopic (exact) mass is 389 g/mol. The van der Waals surface area contributed by atoms with E-state index in [4.69, 9.17) is 23.2 Å². The van der Waals surface area contributed by atoms with Crippen molar-refractivity contribution in [2.75, 3.05) is 19.0 Å². The van der Waals surface area contributed by atoms with Crippen LogP contribution in [0.15, 0.2) is 61.2 Å². The number of rotatable bonds is 6. The molecule has 3 aromatic rings. The molecule has 0 saturated carbocycles. The first-order valence-electron chi connectivity index (χ1n) is 8.32.